The predicted octanol–water partition coefficient (Wildman–Crippen LogP) is 3.14. The van der Waals surface area contributed by atoms with E-state index < -0.39 is 0 Å². The molecule has 1 fully saturated rings. The quantitative estimate of drug-likeness (QED) is 0.701. The summed E-state index contributed by atoms with van der Waals surface area (Å²) in [6.45, 7) is 6.00. The fourth-order valence-corrected chi connectivity index (χ4v) is 3.81. The highest BCUT2D eigenvalue weighted by Gasteiger charge is 2.42. The third-order valence-electron chi connectivity index (χ3n) is 3.05. The summed E-state index contributed by atoms with van der Waals surface area (Å²) in [4.78, 5) is 0. The maximum atomic E-state index is 11.0. The van der Waals surface area contributed by atoms with E-state index in [2.05, 4.69) is 0 Å². The summed E-state index contributed by atoms with van der Waals surface area (Å²) in [5, 5.41) is 0. The van der Waals surface area contributed by atoms with Gasteiger partial charge in [0.2, 0.25) is 0 Å². The zero-order valence-electron chi connectivity index (χ0n) is 8.71. The van der Waals surface area contributed by atoms with Crippen molar-refractivity contribution in [1.82, 2.24) is 0 Å². The minimum absolute atomic E-state index is 0.0215. The third kappa shape index (κ3) is 2.21. The molecule has 0 saturated carbocycles. The lowest BCUT2D eigenvalue weighted by molar-refractivity contribution is -0.0635. The summed E-state index contributed by atoms with van der Waals surface area (Å²) in [5.41, 5.74) is -0.159. The van der Waals surface area contributed by atoms with Crippen LogP contribution in [0.25, 0.3) is 0 Å². The van der Waals surface area contributed by atoms with Gasteiger partial charge >= 0.3 is 0 Å². The molecule has 1 rings (SSSR count). The fraction of sp³-hybridized carbons (Fsp3) is 1.00. The predicted molar refractivity (Wildman–Crippen MR) is 56.6 cm³/mol. The monoisotopic (exact) mass is 231 g/mol. The highest BCUT2D eigenvalue weighted by molar-refractivity contribution is 7.30. The molecule has 0 N–H and O–H groups in total. The molecule has 0 aromatic heterocycles. The Hall–Kier alpha value is 0.160. The second-order valence-corrected chi connectivity index (χ2v) is 5.45. The Morgan fingerprint density at radius 1 is 1.36 bits per heavy atom. The molecule has 1 saturated heterocycles. The van der Waals surface area contributed by atoms with Crippen molar-refractivity contribution in [3.63, 3.8) is 0 Å². The van der Waals surface area contributed by atoms with Gasteiger partial charge in [-0.2, -0.15) is 0 Å². The molecular weight excluding hydrogens is 215 g/mol. The molecule has 5 heteroatoms. The lowest BCUT2D eigenvalue weighted by Crippen LogP contribution is -2.47. The van der Waals surface area contributed by atoms with Crippen LogP contribution in [0.3, 0.4) is 0 Å². The molecule has 1 heterocycles. The van der Waals surface area contributed by atoms with Gasteiger partial charge in [0.1, 0.15) is 0 Å². The minimum Gasteiger partial charge on any atom is -0.374 e. The number of rotatable bonds is 3. The molecule has 0 aromatic carbocycles. The van der Waals surface area contributed by atoms with Crippen LogP contribution < -0.4 is 0 Å². The third-order valence-corrected chi connectivity index (χ3v) is 5.21. The van der Waals surface area contributed by atoms with Gasteiger partial charge in [-0.15, -0.1) is 0 Å². The van der Waals surface area contributed by atoms with Crippen molar-refractivity contribution in [2.24, 2.45) is 5.92 Å². The Kier molecular flexibility index (Phi) is 4.63. The van der Waals surface area contributed by atoms with E-state index in [0.717, 1.165) is 6.42 Å². The Morgan fingerprint density at radius 2 is 2.00 bits per heavy atom. The van der Waals surface area contributed by atoms with Gasteiger partial charge in [-0.1, -0.05) is 13.8 Å². The van der Waals surface area contributed by atoms with E-state index >= 15 is 0 Å². The van der Waals surface area contributed by atoms with E-state index in [1.54, 1.807) is 0 Å². The molecule has 80 valence electrons. The van der Waals surface area contributed by atoms with Crippen molar-refractivity contribution in [3.8, 4) is 0 Å². The molecule has 0 radical (unpaired) electrons. The maximum Gasteiger partial charge on any atom is 0.162 e. The second-order valence-electron chi connectivity index (χ2n) is 3.84. The van der Waals surface area contributed by atoms with Crippen molar-refractivity contribution in [3.05, 3.63) is 0 Å². The summed E-state index contributed by atoms with van der Waals surface area (Å²) in [7, 11) is 0.147. The van der Waals surface area contributed by atoms with Gasteiger partial charge in [0.15, 0.2) is 16.9 Å². The van der Waals surface area contributed by atoms with Crippen LogP contribution in [-0.4, -0.2) is 23.5 Å². The molecular formula is C9H16O3P2. The lowest BCUT2D eigenvalue weighted by atomic mass is 9.92. The van der Waals surface area contributed by atoms with Gasteiger partial charge in [0, 0.05) is 0 Å². The number of hydrogen-bond acceptors (Lipinski definition) is 3. The highest BCUT2D eigenvalue weighted by Crippen LogP contribution is 2.39. The molecule has 14 heavy (non-hydrogen) atoms. The van der Waals surface area contributed by atoms with E-state index in [1.807, 2.05) is 20.8 Å². The molecule has 0 bridgehead atoms. The van der Waals surface area contributed by atoms with Gasteiger partial charge in [-0.25, -0.2) is 0 Å². The van der Waals surface area contributed by atoms with Crippen LogP contribution in [0.15, 0.2) is 0 Å². The molecule has 0 amide bonds. The second kappa shape index (κ2) is 5.30. The Bertz CT molecular complexity index is 214. The van der Waals surface area contributed by atoms with E-state index in [0.29, 0.717) is 0 Å². The first-order valence-corrected chi connectivity index (χ1v) is 6.72. The SMILES string of the molecule is CCC1O[C@@H](C)C(C)[C@@H](P=[15O])[C@@H]1P=[14O]. The zero-order valence-corrected chi connectivity index (χ0v) is 10.5. The van der Waals surface area contributed by atoms with Crippen molar-refractivity contribution in [2.75, 3.05) is 0 Å². The largest absolute Gasteiger partial charge is 0.374 e. The van der Waals surface area contributed by atoms with E-state index in [9.17, 15) is 9.13 Å². The standard InChI is InChI=1S/C9H16O3P2/c1-4-7-9(14-11)8(13-10)5(2)6(3)12-7/h5-9H,4H2,1-3H3/t5?,6-,7?,8+,9+/m0/s1/i10-1,11-2. The normalized spacial score (nSPS) is 44.4. The Labute approximate surface area is 88.0 Å². The maximum absolute atomic E-state index is 11.0. The molecule has 3 nitrogen and oxygen atoms in total. The van der Waals surface area contributed by atoms with Crippen LogP contribution in [0.1, 0.15) is 27.2 Å². The van der Waals surface area contributed by atoms with Gasteiger partial charge in [-0.3, -0.25) is 9.13 Å². The van der Waals surface area contributed by atoms with Crippen LogP contribution in [-0.2, 0) is 13.9 Å². The van der Waals surface area contributed by atoms with Crippen LogP contribution in [0.2, 0.25) is 0 Å². The van der Waals surface area contributed by atoms with Crippen molar-refractivity contribution in [2.45, 2.75) is 50.7 Å². The van der Waals surface area contributed by atoms with E-state index in [4.69, 9.17) is 4.74 Å². The van der Waals surface area contributed by atoms with Gasteiger partial charge < -0.3 is 4.74 Å². The van der Waals surface area contributed by atoms with Crippen LogP contribution in [0.5, 0.6) is 0 Å². The summed E-state index contributed by atoms with van der Waals surface area (Å²) in [6, 6.07) is 0. The first kappa shape index (κ1) is 12.2. The molecule has 1 aliphatic rings. The summed E-state index contributed by atoms with van der Waals surface area (Å²) >= 11 is 0. The Morgan fingerprint density at radius 3 is 2.43 bits per heavy atom. The van der Waals surface area contributed by atoms with Crippen LogP contribution in [0.4, 0.5) is 0 Å². The summed E-state index contributed by atoms with van der Waals surface area (Å²) in [6.07, 6.45) is 0.902. The Balaban J connectivity index is 2.85. The molecule has 0 aromatic rings. The highest BCUT2D eigenvalue weighted by atomic mass is 31.1. The topological polar surface area (TPSA) is 43.4 Å². The lowest BCUT2D eigenvalue weighted by Gasteiger charge is -2.39. The van der Waals surface area contributed by atoms with Crippen molar-refractivity contribution < 1.29 is 13.9 Å². The average Bonchev–Trinajstić information content (AvgIpc) is 2.20. The van der Waals surface area contributed by atoms with E-state index in [1.165, 1.54) is 0 Å². The molecule has 1 aliphatic heterocycles. The van der Waals surface area contributed by atoms with Crippen LogP contribution >= 0.6 is 16.9 Å². The molecule has 0 aliphatic carbocycles. The minimum atomic E-state index is -0.120. The molecule has 0 spiro atoms. The van der Waals surface area contributed by atoms with Gasteiger partial charge in [0.25, 0.3) is 0 Å². The van der Waals surface area contributed by atoms with Gasteiger partial charge in [0.05, 0.1) is 23.5 Å². The van der Waals surface area contributed by atoms with Crippen LogP contribution in [0, 0.1) is 5.92 Å². The van der Waals surface area contributed by atoms with E-state index in [-0.39, 0.29) is 46.4 Å². The van der Waals surface area contributed by atoms with Crippen molar-refractivity contribution in [1.29, 1.82) is 0 Å². The number of hydrogen-bond donors (Lipinski definition) is 0. The first-order valence-electron chi connectivity index (χ1n) is 4.96. The zero-order chi connectivity index (χ0) is 10.7. The average molecular weight is 231 g/mol. The summed E-state index contributed by atoms with van der Waals surface area (Å²) in [5.74, 6) is 0.198. The summed E-state index contributed by atoms with van der Waals surface area (Å²) < 4.78 is 27.8. The smallest absolute Gasteiger partial charge is 0.162 e. The first-order chi connectivity index (χ1) is 6.65. The number of ether oxygens (including phenoxy) is 1. The fourth-order valence-electron chi connectivity index (χ4n) is 1.92. The van der Waals surface area contributed by atoms with Crippen molar-refractivity contribution >= 4 is 16.9 Å². The molecule has 5 atom stereocenters. The molecule has 2 unspecified atom stereocenters. The van der Waals surface area contributed by atoms with Gasteiger partial charge in [-0.05, 0) is 19.3 Å².